The number of ether oxygens (including phenoxy) is 1. The molecule has 0 aliphatic carbocycles. The van der Waals surface area contributed by atoms with Gasteiger partial charge in [0.1, 0.15) is 24.2 Å². The standard InChI is InChI=1S/C29H31N7O2S/c1-29(2,37)18-38-24-9-25(28-21(10-30)13-33-36(28)17-24)20-5-6-26(31-12-20)34-15-22-8-23(16-34)35(22)14-19-4-7-27(39-3)32-11-19/h4-7,9,11-13,17,22-23,37H,8,14-16,18H2,1-3H3. The van der Waals surface area contributed by atoms with Crippen LogP contribution in [0.2, 0.25) is 0 Å². The van der Waals surface area contributed by atoms with Crippen LogP contribution >= 0.6 is 11.8 Å². The van der Waals surface area contributed by atoms with E-state index in [1.165, 1.54) is 12.0 Å². The van der Waals surface area contributed by atoms with Crippen LogP contribution in [0.5, 0.6) is 5.75 Å². The van der Waals surface area contributed by atoms with Gasteiger partial charge >= 0.3 is 0 Å². The molecule has 0 radical (unpaired) electrons. The summed E-state index contributed by atoms with van der Waals surface area (Å²) in [6.45, 7) is 6.36. The molecule has 3 aliphatic rings. The molecule has 39 heavy (non-hydrogen) atoms. The topological polar surface area (TPSA) is 103 Å². The van der Waals surface area contributed by atoms with E-state index in [-0.39, 0.29) is 6.61 Å². The lowest BCUT2D eigenvalue weighted by Crippen LogP contribution is -2.68. The Morgan fingerprint density at radius 1 is 1.13 bits per heavy atom. The van der Waals surface area contributed by atoms with Crippen LogP contribution in [0.1, 0.15) is 31.4 Å². The van der Waals surface area contributed by atoms with Crippen LogP contribution in [-0.2, 0) is 6.54 Å². The Morgan fingerprint density at radius 2 is 1.95 bits per heavy atom. The predicted molar refractivity (Wildman–Crippen MR) is 151 cm³/mol. The van der Waals surface area contributed by atoms with Crippen LogP contribution in [0.15, 0.2) is 60.1 Å². The second kappa shape index (κ2) is 10.2. The SMILES string of the molecule is CSc1ccc(CN2C3CC2CN(c2ccc(-c4cc(OCC(C)(C)O)cn5ncc(C#N)c45)cn2)C3)cn1. The molecule has 10 heteroatoms. The van der Waals surface area contributed by atoms with Gasteiger partial charge in [0.15, 0.2) is 0 Å². The molecule has 0 aromatic carbocycles. The molecular formula is C29H31N7O2S. The van der Waals surface area contributed by atoms with E-state index in [0.29, 0.717) is 28.9 Å². The fourth-order valence-corrected chi connectivity index (χ4v) is 5.80. The number of anilines is 1. The summed E-state index contributed by atoms with van der Waals surface area (Å²) in [5, 5.41) is 25.1. The molecule has 2 bridgehead atoms. The molecular weight excluding hydrogens is 510 g/mol. The molecule has 4 aromatic rings. The highest BCUT2D eigenvalue weighted by Crippen LogP contribution is 2.36. The minimum absolute atomic E-state index is 0.134. The lowest BCUT2D eigenvalue weighted by molar-refractivity contribution is -0.00877. The third kappa shape index (κ3) is 5.17. The maximum absolute atomic E-state index is 10.1. The van der Waals surface area contributed by atoms with Gasteiger partial charge in [0.05, 0.1) is 34.1 Å². The quantitative estimate of drug-likeness (QED) is 0.332. The van der Waals surface area contributed by atoms with Crippen LogP contribution < -0.4 is 9.64 Å². The fraction of sp³-hybridized carbons (Fsp3) is 0.379. The maximum atomic E-state index is 10.1. The zero-order chi connectivity index (χ0) is 27.1. The van der Waals surface area contributed by atoms with Crippen molar-refractivity contribution >= 4 is 23.1 Å². The Balaban J connectivity index is 1.19. The summed E-state index contributed by atoms with van der Waals surface area (Å²) in [6, 6.07) is 13.5. The van der Waals surface area contributed by atoms with Crippen molar-refractivity contribution in [3.05, 3.63) is 66.2 Å². The first-order valence-electron chi connectivity index (χ1n) is 13.0. The first-order chi connectivity index (χ1) is 18.8. The zero-order valence-corrected chi connectivity index (χ0v) is 23.1. The average Bonchev–Trinajstić information content (AvgIpc) is 3.37. The van der Waals surface area contributed by atoms with E-state index < -0.39 is 5.60 Å². The van der Waals surface area contributed by atoms with Crippen molar-refractivity contribution in [1.82, 2.24) is 24.5 Å². The van der Waals surface area contributed by atoms with E-state index in [4.69, 9.17) is 9.72 Å². The Morgan fingerprint density at radius 3 is 2.59 bits per heavy atom. The van der Waals surface area contributed by atoms with Gasteiger partial charge < -0.3 is 14.7 Å². The zero-order valence-electron chi connectivity index (χ0n) is 22.3. The smallest absolute Gasteiger partial charge is 0.138 e. The summed E-state index contributed by atoms with van der Waals surface area (Å²) in [6.07, 6.45) is 10.4. The molecule has 3 fully saturated rings. The number of aromatic nitrogens is 4. The van der Waals surface area contributed by atoms with Crippen molar-refractivity contribution in [2.24, 2.45) is 0 Å². The third-order valence-electron chi connectivity index (χ3n) is 7.40. The van der Waals surface area contributed by atoms with Gasteiger partial charge in [0.25, 0.3) is 0 Å². The number of rotatable bonds is 8. The van der Waals surface area contributed by atoms with E-state index >= 15 is 0 Å². The first-order valence-corrected chi connectivity index (χ1v) is 14.3. The summed E-state index contributed by atoms with van der Waals surface area (Å²) in [5.41, 5.74) is 3.16. The Hall–Kier alpha value is -3.65. The molecule has 7 heterocycles. The number of thioether (sulfide) groups is 1. The highest BCUT2D eigenvalue weighted by atomic mass is 32.2. The summed E-state index contributed by atoms with van der Waals surface area (Å²) < 4.78 is 7.50. The molecule has 2 unspecified atom stereocenters. The van der Waals surface area contributed by atoms with Crippen molar-refractivity contribution in [3.8, 4) is 22.9 Å². The number of piperazine rings is 1. The van der Waals surface area contributed by atoms with Gasteiger partial charge in [-0.05, 0) is 56.4 Å². The van der Waals surface area contributed by atoms with Crippen LogP contribution in [0.25, 0.3) is 16.6 Å². The van der Waals surface area contributed by atoms with Crippen LogP contribution in [0.3, 0.4) is 0 Å². The van der Waals surface area contributed by atoms with Gasteiger partial charge in [-0.15, -0.1) is 11.8 Å². The molecule has 0 amide bonds. The lowest BCUT2D eigenvalue weighted by atomic mass is 9.87. The fourth-order valence-electron chi connectivity index (χ4n) is 5.44. The second-order valence-electron chi connectivity index (χ2n) is 10.9. The summed E-state index contributed by atoms with van der Waals surface area (Å²) in [4.78, 5) is 14.3. The van der Waals surface area contributed by atoms with Crippen molar-refractivity contribution in [2.75, 3.05) is 30.9 Å². The molecule has 0 spiro atoms. The summed E-state index contributed by atoms with van der Waals surface area (Å²) in [5.74, 6) is 1.52. The molecule has 9 nitrogen and oxygen atoms in total. The minimum Gasteiger partial charge on any atom is -0.489 e. The molecule has 3 saturated heterocycles. The molecule has 0 saturated carbocycles. The lowest BCUT2D eigenvalue weighted by Gasteiger charge is -2.56. The Bertz CT molecular complexity index is 1510. The van der Waals surface area contributed by atoms with Gasteiger partial charge in [-0.2, -0.15) is 10.4 Å². The molecule has 200 valence electrons. The number of nitriles is 1. The average molecular weight is 542 g/mol. The van der Waals surface area contributed by atoms with Crippen LogP contribution in [0.4, 0.5) is 5.82 Å². The third-order valence-corrected chi connectivity index (χ3v) is 8.06. The monoisotopic (exact) mass is 541 g/mol. The van der Waals surface area contributed by atoms with Gasteiger partial charge in [-0.1, -0.05) is 6.07 Å². The number of pyridine rings is 3. The molecule has 2 atom stereocenters. The van der Waals surface area contributed by atoms with Crippen LogP contribution in [-0.4, -0.2) is 73.2 Å². The van der Waals surface area contributed by atoms with Gasteiger partial charge in [-0.3, -0.25) is 4.90 Å². The first kappa shape index (κ1) is 25.6. The highest BCUT2D eigenvalue weighted by Gasteiger charge is 2.44. The van der Waals surface area contributed by atoms with E-state index in [1.807, 2.05) is 30.8 Å². The second-order valence-corrected chi connectivity index (χ2v) is 11.7. The van der Waals surface area contributed by atoms with Crippen molar-refractivity contribution in [1.29, 1.82) is 5.26 Å². The molecule has 1 N–H and O–H groups in total. The van der Waals surface area contributed by atoms with Crippen molar-refractivity contribution in [3.63, 3.8) is 0 Å². The van der Waals surface area contributed by atoms with Gasteiger partial charge in [0.2, 0.25) is 0 Å². The number of nitrogens with zero attached hydrogens (tertiary/aromatic N) is 7. The molecule has 4 aromatic heterocycles. The van der Waals surface area contributed by atoms with E-state index in [2.05, 4.69) is 44.2 Å². The number of hydrogen-bond acceptors (Lipinski definition) is 9. The maximum Gasteiger partial charge on any atom is 0.138 e. The van der Waals surface area contributed by atoms with Gasteiger partial charge in [-0.25, -0.2) is 14.5 Å². The minimum atomic E-state index is -0.972. The number of fused-ring (bicyclic) bond motifs is 3. The summed E-state index contributed by atoms with van der Waals surface area (Å²) >= 11 is 1.66. The number of piperidine rings is 1. The largest absolute Gasteiger partial charge is 0.489 e. The number of aliphatic hydroxyl groups is 1. The van der Waals surface area contributed by atoms with Crippen molar-refractivity contribution < 1.29 is 9.84 Å². The van der Waals surface area contributed by atoms with E-state index in [0.717, 1.165) is 41.6 Å². The predicted octanol–water partition coefficient (Wildman–Crippen LogP) is 4.00. The Kier molecular flexibility index (Phi) is 6.67. The normalized spacial score (nSPS) is 19.1. The van der Waals surface area contributed by atoms with Crippen molar-refractivity contribution in [2.45, 2.75) is 49.5 Å². The van der Waals surface area contributed by atoms with E-state index in [1.54, 1.807) is 42.5 Å². The van der Waals surface area contributed by atoms with E-state index in [9.17, 15) is 10.4 Å². The Labute approximate surface area is 232 Å². The summed E-state index contributed by atoms with van der Waals surface area (Å²) in [7, 11) is 0. The number of hydrogen-bond donors (Lipinski definition) is 1. The van der Waals surface area contributed by atoms with Gasteiger partial charge in [0, 0.05) is 55.2 Å². The van der Waals surface area contributed by atoms with Crippen LogP contribution in [0, 0.1) is 11.3 Å². The molecule has 3 aliphatic heterocycles. The highest BCUT2D eigenvalue weighted by molar-refractivity contribution is 7.98. The molecule has 7 rings (SSSR count).